The van der Waals surface area contributed by atoms with Crippen LogP contribution in [0.25, 0.3) is 0 Å². The number of esters is 1. The topological polar surface area (TPSA) is 63.7 Å². The van der Waals surface area contributed by atoms with Crippen LogP contribution in [0.15, 0.2) is 47.4 Å². The van der Waals surface area contributed by atoms with Crippen LogP contribution in [0.3, 0.4) is 0 Å². The number of carbonyl (C=O) groups excluding carboxylic acids is 2. The molecule has 0 aliphatic carbocycles. The summed E-state index contributed by atoms with van der Waals surface area (Å²) in [5, 5.41) is 0. The second kappa shape index (κ2) is 9.93. The van der Waals surface area contributed by atoms with Crippen molar-refractivity contribution < 1.29 is 27.3 Å². The predicted molar refractivity (Wildman–Crippen MR) is 108 cm³/mol. The van der Waals surface area contributed by atoms with Crippen molar-refractivity contribution in [2.75, 3.05) is 12.4 Å². The minimum Gasteiger partial charge on any atom is -0.465 e. The van der Waals surface area contributed by atoms with Crippen LogP contribution < -0.4 is 0 Å². The second-order valence-electron chi connectivity index (χ2n) is 7.21. The Bertz CT molecular complexity index is 949. The summed E-state index contributed by atoms with van der Waals surface area (Å²) in [6.07, 6.45) is 0.645. The largest absolute Gasteiger partial charge is 0.465 e. The van der Waals surface area contributed by atoms with Crippen molar-refractivity contribution in [3.63, 3.8) is 0 Å². The van der Waals surface area contributed by atoms with Crippen LogP contribution in [-0.2, 0) is 31.7 Å². The third kappa shape index (κ3) is 5.50. The summed E-state index contributed by atoms with van der Waals surface area (Å²) in [6.45, 7) is 1.84. The molecule has 1 heterocycles. The van der Waals surface area contributed by atoms with Gasteiger partial charge in [-0.2, -0.15) is 0 Å². The maximum atomic E-state index is 13.9. The zero-order valence-corrected chi connectivity index (χ0v) is 17.4. The number of benzene rings is 2. The van der Waals surface area contributed by atoms with Crippen LogP contribution in [-0.4, -0.2) is 39.4 Å². The van der Waals surface area contributed by atoms with Gasteiger partial charge in [-0.1, -0.05) is 29.8 Å². The quantitative estimate of drug-likeness (QED) is 0.596. The number of hydrogen-bond donors (Lipinski definition) is 0. The van der Waals surface area contributed by atoms with Gasteiger partial charge in [0.05, 0.1) is 23.0 Å². The number of likely N-dealkylation sites (tertiary alicyclic amines) is 1. The van der Waals surface area contributed by atoms with Gasteiger partial charge < -0.3 is 9.64 Å². The predicted octanol–water partition coefficient (Wildman–Crippen LogP) is 3.51. The molecule has 0 aromatic heterocycles. The molecule has 1 amide bonds. The molecule has 1 saturated heterocycles. The molecule has 8 heteroatoms. The highest BCUT2D eigenvalue weighted by molar-refractivity contribution is 7.85. The highest BCUT2D eigenvalue weighted by Gasteiger charge is 2.33. The molecular weight excluding hydrogens is 412 g/mol. The van der Waals surface area contributed by atoms with E-state index in [2.05, 4.69) is 0 Å². The standard InChI is InChI=1S/C22H23F2NO4S/c1-15-5-8-18(9-6-15)30(28)12-11-29-21(27)13-17-7-10-20(26)25(17)14-16-3-2-4-19(23)22(16)24/h2-6,8-9,17H,7,10-14H2,1H3. The number of aryl methyl sites for hydroxylation is 1. The number of halogens is 2. The first-order valence-corrected chi connectivity index (χ1v) is 11.0. The third-order valence-corrected chi connectivity index (χ3v) is 6.38. The number of amides is 1. The van der Waals surface area contributed by atoms with E-state index in [1.54, 1.807) is 12.1 Å². The Morgan fingerprint density at radius 2 is 1.93 bits per heavy atom. The molecule has 30 heavy (non-hydrogen) atoms. The molecule has 0 N–H and O–H groups in total. The van der Waals surface area contributed by atoms with Crippen molar-refractivity contribution in [1.29, 1.82) is 0 Å². The van der Waals surface area contributed by atoms with Crippen molar-refractivity contribution in [3.8, 4) is 0 Å². The van der Waals surface area contributed by atoms with Gasteiger partial charge in [-0.05, 0) is 31.5 Å². The molecule has 0 bridgehead atoms. The fourth-order valence-electron chi connectivity index (χ4n) is 3.37. The molecule has 2 aromatic carbocycles. The molecule has 1 fully saturated rings. The lowest BCUT2D eigenvalue weighted by atomic mass is 10.1. The van der Waals surface area contributed by atoms with Gasteiger partial charge in [0.15, 0.2) is 11.6 Å². The lowest BCUT2D eigenvalue weighted by Gasteiger charge is -2.24. The fraction of sp³-hybridized carbons (Fsp3) is 0.364. The number of ether oxygens (including phenoxy) is 1. The van der Waals surface area contributed by atoms with Crippen molar-refractivity contribution in [1.82, 2.24) is 4.90 Å². The third-order valence-electron chi connectivity index (χ3n) is 5.04. The van der Waals surface area contributed by atoms with E-state index in [0.29, 0.717) is 11.3 Å². The number of rotatable bonds is 8. The van der Waals surface area contributed by atoms with Gasteiger partial charge in [-0.15, -0.1) is 0 Å². The van der Waals surface area contributed by atoms with E-state index < -0.39 is 34.4 Å². The van der Waals surface area contributed by atoms with E-state index in [0.717, 1.165) is 11.6 Å². The van der Waals surface area contributed by atoms with Gasteiger partial charge in [0.25, 0.3) is 0 Å². The van der Waals surface area contributed by atoms with Crippen molar-refractivity contribution in [2.24, 2.45) is 0 Å². The Morgan fingerprint density at radius 1 is 1.20 bits per heavy atom. The van der Waals surface area contributed by atoms with Crippen LogP contribution >= 0.6 is 0 Å². The number of carbonyl (C=O) groups is 2. The summed E-state index contributed by atoms with van der Waals surface area (Å²) >= 11 is 0. The summed E-state index contributed by atoms with van der Waals surface area (Å²) in [5.74, 6) is -2.51. The number of hydrogen-bond acceptors (Lipinski definition) is 4. The summed E-state index contributed by atoms with van der Waals surface area (Å²) in [5.41, 5.74) is 1.13. The molecule has 0 spiro atoms. The molecule has 5 nitrogen and oxygen atoms in total. The number of nitrogens with zero attached hydrogens (tertiary/aromatic N) is 1. The van der Waals surface area contributed by atoms with E-state index in [-0.39, 0.29) is 43.2 Å². The Kier molecular flexibility index (Phi) is 7.31. The lowest BCUT2D eigenvalue weighted by molar-refractivity contribution is -0.144. The Morgan fingerprint density at radius 3 is 2.67 bits per heavy atom. The van der Waals surface area contributed by atoms with Gasteiger partial charge in [-0.3, -0.25) is 13.8 Å². The van der Waals surface area contributed by atoms with Crippen molar-refractivity contribution in [3.05, 3.63) is 65.2 Å². The van der Waals surface area contributed by atoms with Gasteiger partial charge in [0.1, 0.15) is 6.61 Å². The Labute approximate surface area is 176 Å². The van der Waals surface area contributed by atoms with E-state index >= 15 is 0 Å². The highest BCUT2D eigenvalue weighted by atomic mass is 32.2. The molecule has 160 valence electrons. The molecule has 0 saturated carbocycles. The van der Waals surface area contributed by atoms with Gasteiger partial charge in [-0.25, -0.2) is 8.78 Å². The molecule has 3 rings (SSSR count). The molecule has 1 aliphatic rings. The highest BCUT2D eigenvalue weighted by Crippen LogP contribution is 2.25. The van der Waals surface area contributed by atoms with Crippen LogP contribution in [0.2, 0.25) is 0 Å². The SMILES string of the molecule is Cc1ccc(S(=O)CCOC(=O)CC2CCC(=O)N2Cc2cccc(F)c2F)cc1. The molecule has 2 atom stereocenters. The normalized spacial score (nSPS) is 17.2. The average Bonchev–Trinajstić information content (AvgIpc) is 3.05. The van der Waals surface area contributed by atoms with Gasteiger partial charge >= 0.3 is 5.97 Å². The van der Waals surface area contributed by atoms with Gasteiger partial charge in [0, 0.05) is 29.5 Å². The molecule has 2 unspecified atom stereocenters. The molecule has 2 aromatic rings. The van der Waals surface area contributed by atoms with Crippen LogP contribution in [0.1, 0.15) is 30.4 Å². The Hall–Kier alpha value is -2.61. The zero-order valence-electron chi connectivity index (χ0n) is 16.6. The van der Waals surface area contributed by atoms with Gasteiger partial charge in [0.2, 0.25) is 5.91 Å². The van der Waals surface area contributed by atoms with E-state index in [9.17, 15) is 22.6 Å². The van der Waals surface area contributed by atoms with E-state index in [1.807, 2.05) is 19.1 Å². The maximum Gasteiger partial charge on any atom is 0.307 e. The molecule has 1 aliphatic heterocycles. The molecular formula is C22H23F2NO4S. The van der Waals surface area contributed by atoms with Crippen LogP contribution in [0.4, 0.5) is 8.78 Å². The summed E-state index contributed by atoms with van der Waals surface area (Å²) in [6, 6.07) is 10.7. The second-order valence-corrected chi connectivity index (χ2v) is 8.79. The van der Waals surface area contributed by atoms with Crippen molar-refractivity contribution in [2.45, 2.75) is 43.7 Å². The average molecular weight is 435 g/mol. The first-order valence-electron chi connectivity index (χ1n) is 9.68. The van der Waals surface area contributed by atoms with E-state index in [4.69, 9.17) is 4.74 Å². The maximum absolute atomic E-state index is 13.9. The summed E-state index contributed by atoms with van der Waals surface area (Å²) in [7, 11) is -1.28. The summed E-state index contributed by atoms with van der Waals surface area (Å²) in [4.78, 5) is 26.4. The van der Waals surface area contributed by atoms with Crippen molar-refractivity contribution >= 4 is 22.7 Å². The fourth-order valence-corrected chi connectivity index (χ4v) is 4.28. The first-order chi connectivity index (χ1) is 14.3. The monoisotopic (exact) mass is 435 g/mol. The minimum absolute atomic E-state index is 0.00148. The molecule has 0 radical (unpaired) electrons. The van der Waals surface area contributed by atoms with Crippen LogP contribution in [0.5, 0.6) is 0 Å². The lowest BCUT2D eigenvalue weighted by Crippen LogP contribution is -2.35. The summed E-state index contributed by atoms with van der Waals surface area (Å²) < 4.78 is 44.8. The first kappa shape index (κ1) is 22.1. The zero-order chi connectivity index (χ0) is 21.7. The Balaban J connectivity index is 1.51. The van der Waals surface area contributed by atoms with E-state index in [1.165, 1.54) is 17.0 Å². The van der Waals surface area contributed by atoms with Crippen LogP contribution in [0, 0.1) is 18.6 Å². The minimum atomic E-state index is -1.28. The smallest absolute Gasteiger partial charge is 0.307 e.